The molecular formula is C13H8BrFN2. The van der Waals surface area contributed by atoms with E-state index in [0.29, 0.717) is 0 Å². The molecule has 0 saturated heterocycles. The van der Waals surface area contributed by atoms with Gasteiger partial charge in [0.2, 0.25) is 0 Å². The smallest absolute Gasteiger partial charge is 0.138 e. The van der Waals surface area contributed by atoms with Crippen molar-refractivity contribution in [2.75, 3.05) is 0 Å². The minimum Gasteiger partial charge on any atom is -0.298 e. The molecule has 0 N–H and O–H groups in total. The summed E-state index contributed by atoms with van der Waals surface area (Å²) in [6.45, 7) is 0. The van der Waals surface area contributed by atoms with Crippen LogP contribution in [0, 0.1) is 5.82 Å². The lowest BCUT2D eigenvalue weighted by Gasteiger charge is -2.02. The van der Waals surface area contributed by atoms with Crippen molar-refractivity contribution in [1.82, 2.24) is 9.38 Å². The molecule has 0 bridgehead atoms. The first-order chi connectivity index (χ1) is 8.25. The first kappa shape index (κ1) is 10.5. The lowest BCUT2D eigenvalue weighted by atomic mass is 10.2. The van der Waals surface area contributed by atoms with Crippen molar-refractivity contribution in [2.45, 2.75) is 0 Å². The van der Waals surface area contributed by atoms with Crippen LogP contribution < -0.4 is 0 Å². The van der Waals surface area contributed by atoms with Crippen LogP contribution in [-0.2, 0) is 0 Å². The van der Waals surface area contributed by atoms with Crippen molar-refractivity contribution in [1.29, 1.82) is 0 Å². The number of fused-ring (bicyclic) bond motifs is 1. The Kier molecular flexibility index (Phi) is 2.44. The van der Waals surface area contributed by atoms with E-state index in [4.69, 9.17) is 0 Å². The van der Waals surface area contributed by atoms with Gasteiger partial charge in [0, 0.05) is 11.8 Å². The molecule has 0 aliphatic rings. The molecule has 3 rings (SSSR count). The van der Waals surface area contributed by atoms with Gasteiger partial charge in [-0.25, -0.2) is 9.37 Å². The zero-order chi connectivity index (χ0) is 11.8. The van der Waals surface area contributed by atoms with Gasteiger partial charge in [0.25, 0.3) is 0 Å². The Hall–Kier alpha value is -1.68. The second kappa shape index (κ2) is 3.96. The van der Waals surface area contributed by atoms with Crippen molar-refractivity contribution in [2.24, 2.45) is 0 Å². The van der Waals surface area contributed by atoms with Crippen LogP contribution in [0.5, 0.6) is 0 Å². The van der Waals surface area contributed by atoms with E-state index < -0.39 is 0 Å². The SMILES string of the molecule is Fc1ccc(-c2c(Br)nc3ccccn23)cc1. The molecule has 0 unspecified atom stereocenters. The molecule has 0 spiro atoms. The predicted molar refractivity (Wildman–Crippen MR) is 68.3 cm³/mol. The Morgan fingerprint density at radius 1 is 1.06 bits per heavy atom. The van der Waals surface area contributed by atoms with Crippen molar-refractivity contribution in [3.63, 3.8) is 0 Å². The van der Waals surface area contributed by atoms with E-state index in [0.717, 1.165) is 21.5 Å². The number of rotatable bonds is 1. The Balaban J connectivity index is 2.29. The molecule has 84 valence electrons. The average Bonchev–Trinajstić information content (AvgIpc) is 2.66. The number of imidazole rings is 1. The minimum absolute atomic E-state index is 0.237. The Morgan fingerprint density at radius 2 is 1.82 bits per heavy atom. The molecule has 0 amide bonds. The zero-order valence-corrected chi connectivity index (χ0v) is 10.4. The van der Waals surface area contributed by atoms with Gasteiger partial charge in [0.1, 0.15) is 16.1 Å². The van der Waals surface area contributed by atoms with Crippen LogP contribution >= 0.6 is 15.9 Å². The van der Waals surface area contributed by atoms with Crippen LogP contribution in [0.25, 0.3) is 16.9 Å². The van der Waals surface area contributed by atoms with Gasteiger partial charge in [-0.2, -0.15) is 0 Å². The molecule has 0 radical (unpaired) electrons. The Morgan fingerprint density at radius 3 is 2.59 bits per heavy atom. The van der Waals surface area contributed by atoms with E-state index in [1.54, 1.807) is 12.1 Å². The summed E-state index contributed by atoms with van der Waals surface area (Å²) in [4.78, 5) is 4.40. The van der Waals surface area contributed by atoms with E-state index >= 15 is 0 Å². The topological polar surface area (TPSA) is 17.3 Å². The monoisotopic (exact) mass is 290 g/mol. The van der Waals surface area contributed by atoms with Gasteiger partial charge in [0.15, 0.2) is 0 Å². The van der Waals surface area contributed by atoms with Gasteiger partial charge in [0.05, 0.1) is 5.69 Å². The van der Waals surface area contributed by atoms with Crippen LogP contribution in [0.4, 0.5) is 4.39 Å². The number of aromatic nitrogens is 2. The number of pyridine rings is 1. The number of hydrogen-bond donors (Lipinski definition) is 0. The summed E-state index contributed by atoms with van der Waals surface area (Å²) in [7, 11) is 0. The summed E-state index contributed by atoms with van der Waals surface area (Å²) in [5.74, 6) is -0.237. The fourth-order valence-electron chi connectivity index (χ4n) is 1.83. The fraction of sp³-hybridized carbons (Fsp3) is 0. The second-order valence-electron chi connectivity index (χ2n) is 3.69. The van der Waals surface area contributed by atoms with Gasteiger partial charge < -0.3 is 0 Å². The molecule has 2 aromatic heterocycles. The van der Waals surface area contributed by atoms with Crippen molar-refractivity contribution >= 4 is 21.6 Å². The maximum absolute atomic E-state index is 12.9. The highest BCUT2D eigenvalue weighted by Crippen LogP contribution is 2.28. The molecule has 17 heavy (non-hydrogen) atoms. The molecule has 0 aliphatic carbocycles. The van der Waals surface area contributed by atoms with Crippen molar-refractivity contribution < 1.29 is 4.39 Å². The highest BCUT2D eigenvalue weighted by Gasteiger charge is 2.11. The van der Waals surface area contributed by atoms with Gasteiger partial charge in [-0.1, -0.05) is 6.07 Å². The maximum atomic E-state index is 12.9. The standard InChI is InChI=1S/C13H8BrFN2/c14-13-12(9-4-6-10(15)7-5-9)17-8-2-1-3-11(17)16-13/h1-8H. The van der Waals surface area contributed by atoms with Gasteiger partial charge in [-0.05, 0) is 52.3 Å². The van der Waals surface area contributed by atoms with Crippen LogP contribution in [0.1, 0.15) is 0 Å². The maximum Gasteiger partial charge on any atom is 0.138 e. The van der Waals surface area contributed by atoms with Crippen LogP contribution in [0.2, 0.25) is 0 Å². The van der Waals surface area contributed by atoms with Crippen LogP contribution in [0.15, 0.2) is 53.3 Å². The van der Waals surface area contributed by atoms with Crippen LogP contribution in [-0.4, -0.2) is 9.38 Å². The molecule has 0 aliphatic heterocycles. The Bertz CT molecular complexity index is 673. The third-order valence-corrected chi connectivity index (χ3v) is 3.16. The van der Waals surface area contributed by atoms with Gasteiger partial charge in [-0.3, -0.25) is 4.40 Å². The summed E-state index contributed by atoms with van der Waals surface area (Å²) in [6.07, 6.45) is 1.94. The third-order valence-electron chi connectivity index (χ3n) is 2.61. The zero-order valence-electron chi connectivity index (χ0n) is 8.77. The van der Waals surface area contributed by atoms with E-state index in [1.807, 2.05) is 28.8 Å². The van der Waals surface area contributed by atoms with Gasteiger partial charge >= 0.3 is 0 Å². The molecular weight excluding hydrogens is 283 g/mol. The molecule has 0 atom stereocenters. The minimum atomic E-state index is -0.237. The first-order valence-electron chi connectivity index (χ1n) is 5.14. The molecule has 0 fully saturated rings. The number of benzene rings is 1. The first-order valence-corrected chi connectivity index (χ1v) is 5.93. The molecule has 4 heteroatoms. The van der Waals surface area contributed by atoms with E-state index in [1.165, 1.54) is 12.1 Å². The molecule has 1 aromatic carbocycles. The third kappa shape index (κ3) is 1.74. The number of nitrogens with zero attached hydrogens (tertiary/aromatic N) is 2. The summed E-state index contributed by atoms with van der Waals surface area (Å²) in [6, 6.07) is 12.2. The summed E-state index contributed by atoms with van der Waals surface area (Å²) in [5.41, 5.74) is 2.72. The average molecular weight is 291 g/mol. The quantitative estimate of drug-likeness (QED) is 0.664. The van der Waals surface area contributed by atoms with Gasteiger partial charge in [-0.15, -0.1) is 0 Å². The predicted octanol–water partition coefficient (Wildman–Crippen LogP) is 3.90. The summed E-state index contributed by atoms with van der Waals surface area (Å²) < 4.78 is 15.6. The number of halogens is 2. The molecule has 2 heterocycles. The normalized spacial score (nSPS) is 10.9. The summed E-state index contributed by atoms with van der Waals surface area (Å²) >= 11 is 3.44. The van der Waals surface area contributed by atoms with Crippen LogP contribution in [0.3, 0.4) is 0 Å². The Labute approximate surface area is 106 Å². The van der Waals surface area contributed by atoms with Crippen molar-refractivity contribution in [3.05, 3.63) is 59.1 Å². The second-order valence-corrected chi connectivity index (χ2v) is 4.44. The highest BCUT2D eigenvalue weighted by atomic mass is 79.9. The summed E-state index contributed by atoms with van der Waals surface area (Å²) in [5, 5.41) is 0. The lowest BCUT2D eigenvalue weighted by Crippen LogP contribution is -1.87. The highest BCUT2D eigenvalue weighted by molar-refractivity contribution is 9.10. The molecule has 3 aromatic rings. The van der Waals surface area contributed by atoms with Crippen molar-refractivity contribution in [3.8, 4) is 11.3 Å². The number of hydrogen-bond acceptors (Lipinski definition) is 1. The molecule has 2 nitrogen and oxygen atoms in total. The van der Waals surface area contributed by atoms with E-state index in [9.17, 15) is 4.39 Å². The molecule has 0 saturated carbocycles. The fourth-order valence-corrected chi connectivity index (χ4v) is 2.43. The van der Waals surface area contributed by atoms with E-state index in [2.05, 4.69) is 20.9 Å². The lowest BCUT2D eigenvalue weighted by molar-refractivity contribution is 0.628. The largest absolute Gasteiger partial charge is 0.298 e. The van der Waals surface area contributed by atoms with E-state index in [-0.39, 0.29) is 5.82 Å².